The Morgan fingerprint density at radius 1 is 1.38 bits per heavy atom. The van der Waals surface area contributed by atoms with E-state index >= 15 is 0 Å². The van der Waals surface area contributed by atoms with Crippen molar-refractivity contribution >= 4 is 50.7 Å². The third kappa shape index (κ3) is 3.10. The molecule has 0 aliphatic heterocycles. The summed E-state index contributed by atoms with van der Waals surface area (Å²) >= 11 is 15.2. The minimum atomic E-state index is -0.293. The van der Waals surface area contributed by atoms with Crippen LogP contribution < -0.4 is 10.6 Å². The van der Waals surface area contributed by atoms with Crippen LogP contribution in [0.2, 0.25) is 10.0 Å². The van der Waals surface area contributed by atoms with E-state index in [1.54, 1.807) is 26.1 Å². The summed E-state index contributed by atoms with van der Waals surface area (Å²) in [7, 11) is 1.71. The summed E-state index contributed by atoms with van der Waals surface area (Å²) in [6.07, 6.45) is 0. The SMILES string of the molecule is CNC(C)C(=O)Nc1ccc(Br)c(Cl)c1Cl. The van der Waals surface area contributed by atoms with Gasteiger partial charge in [-0.2, -0.15) is 0 Å². The molecule has 16 heavy (non-hydrogen) atoms. The molecule has 1 aromatic carbocycles. The van der Waals surface area contributed by atoms with Gasteiger partial charge < -0.3 is 10.6 Å². The maximum Gasteiger partial charge on any atom is 0.241 e. The molecule has 0 saturated carbocycles. The Morgan fingerprint density at radius 2 is 2.00 bits per heavy atom. The van der Waals surface area contributed by atoms with Crippen LogP contribution in [0.3, 0.4) is 0 Å². The van der Waals surface area contributed by atoms with Crippen LogP contribution in [0.25, 0.3) is 0 Å². The Hall–Kier alpha value is -0.290. The molecule has 1 atom stereocenters. The van der Waals surface area contributed by atoms with Crippen molar-refractivity contribution in [3.63, 3.8) is 0 Å². The Labute approximate surface area is 113 Å². The predicted molar refractivity (Wildman–Crippen MR) is 71.3 cm³/mol. The third-order valence-corrected chi connectivity index (χ3v) is 3.89. The zero-order valence-electron chi connectivity index (χ0n) is 8.77. The molecule has 6 heteroatoms. The van der Waals surface area contributed by atoms with Gasteiger partial charge >= 0.3 is 0 Å². The van der Waals surface area contributed by atoms with E-state index < -0.39 is 0 Å². The fourth-order valence-corrected chi connectivity index (χ4v) is 1.82. The number of hydrogen-bond acceptors (Lipinski definition) is 2. The molecule has 0 aromatic heterocycles. The van der Waals surface area contributed by atoms with E-state index in [1.807, 2.05) is 0 Å². The second kappa shape index (κ2) is 5.87. The van der Waals surface area contributed by atoms with E-state index in [4.69, 9.17) is 23.2 Å². The molecule has 0 heterocycles. The van der Waals surface area contributed by atoms with Crippen molar-refractivity contribution in [3.05, 3.63) is 26.7 Å². The number of carbonyl (C=O) groups is 1. The van der Waals surface area contributed by atoms with Crippen molar-refractivity contribution in [2.75, 3.05) is 12.4 Å². The van der Waals surface area contributed by atoms with E-state index in [0.29, 0.717) is 20.2 Å². The number of carbonyl (C=O) groups excluding carboxylic acids is 1. The maximum absolute atomic E-state index is 11.6. The summed E-state index contributed by atoms with van der Waals surface area (Å²) < 4.78 is 0.693. The minimum absolute atomic E-state index is 0.164. The molecule has 0 aliphatic carbocycles. The van der Waals surface area contributed by atoms with E-state index in [1.165, 1.54) is 0 Å². The normalized spacial score (nSPS) is 12.3. The fraction of sp³-hybridized carbons (Fsp3) is 0.300. The first-order valence-corrected chi connectivity index (χ1v) is 6.14. The molecule has 1 unspecified atom stereocenters. The number of hydrogen-bond donors (Lipinski definition) is 2. The van der Waals surface area contributed by atoms with E-state index in [9.17, 15) is 4.79 Å². The van der Waals surface area contributed by atoms with Crippen LogP contribution in [0, 0.1) is 0 Å². The number of rotatable bonds is 3. The number of likely N-dealkylation sites (N-methyl/N-ethyl adjacent to an activating group) is 1. The highest BCUT2D eigenvalue weighted by atomic mass is 79.9. The summed E-state index contributed by atoms with van der Waals surface area (Å²) in [5.74, 6) is -0.164. The Bertz CT molecular complexity index is 412. The van der Waals surface area contributed by atoms with Crippen LogP contribution in [0.15, 0.2) is 16.6 Å². The molecule has 0 radical (unpaired) electrons. The number of halogens is 3. The fourth-order valence-electron chi connectivity index (χ4n) is 0.995. The van der Waals surface area contributed by atoms with Gasteiger partial charge in [-0.05, 0) is 42.0 Å². The molecule has 0 spiro atoms. The Balaban J connectivity index is 2.91. The molecule has 0 aliphatic rings. The molecule has 0 saturated heterocycles. The molecule has 88 valence electrons. The van der Waals surface area contributed by atoms with Crippen LogP contribution in [-0.4, -0.2) is 19.0 Å². The first-order valence-electron chi connectivity index (χ1n) is 4.59. The number of benzene rings is 1. The minimum Gasteiger partial charge on any atom is -0.323 e. The Kier molecular flexibility index (Phi) is 5.05. The molecular formula is C10H11BrCl2N2O. The zero-order valence-corrected chi connectivity index (χ0v) is 11.9. The lowest BCUT2D eigenvalue weighted by atomic mass is 10.2. The van der Waals surface area contributed by atoms with Crippen molar-refractivity contribution in [3.8, 4) is 0 Å². The summed E-state index contributed by atoms with van der Waals surface area (Å²) in [6.45, 7) is 1.75. The predicted octanol–water partition coefficient (Wildman–Crippen LogP) is 3.30. The van der Waals surface area contributed by atoms with Crippen LogP contribution in [0.1, 0.15) is 6.92 Å². The highest BCUT2D eigenvalue weighted by Gasteiger charge is 2.14. The van der Waals surface area contributed by atoms with Gasteiger partial charge in [0.15, 0.2) is 0 Å². The van der Waals surface area contributed by atoms with Gasteiger partial charge in [0.05, 0.1) is 21.8 Å². The van der Waals surface area contributed by atoms with Gasteiger partial charge in [0.1, 0.15) is 0 Å². The van der Waals surface area contributed by atoms with Crippen LogP contribution >= 0.6 is 39.1 Å². The average molecular weight is 326 g/mol. The summed E-state index contributed by atoms with van der Waals surface area (Å²) in [5.41, 5.74) is 0.502. The van der Waals surface area contributed by atoms with Crippen molar-refractivity contribution in [1.29, 1.82) is 0 Å². The van der Waals surface area contributed by atoms with Gasteiger partial charge in [0.2, 0.25) is 5.91 Å². The van der Waals surface area contributed by atoms with Crippen LogP contribution in [-0.2, 0) is 4.79 Å². The van der Waals surface area contributed by atoms with Crippen LogP contribution in [0.4, 0.5) is 5.69 Å². The molecule has 1 amide bonds. The van der Waals surface area contributed by atoms with Crippen molar-refractivity contribution < 1.29 is 4.79 Å². The third-order valence-electron chi connectivity index (χ3n) is 2.12. The summed E-state index contributed by atoms with van der Waals surface area (Å²) in [6, 6.07) is 3.13. The molecule has 0 fully saturated rings. The first kappa shape index (κ1) is 13.8. The van der Waals surface area contributed by atoms with Crippen LogP contribution in [0.5, 0.6) is 0 Å². The van der Waals surface area contributed by atoms with E-state index in [0.717, 1.165) is 0 Å². The number of nitrogens with one attached hydrogen (secondary N) is 2. The standard InChI is InChI=1S/C10H11BrCl2N2O/c1-5(14-2)10(16)15-7-4-3-6(11)8(12)9(7)13/h3-5,14H,1-2H3,(H,15,16). The quantitative estimate of drug-likeness (QED) is 0.837. The largest absolute Gasteiger partial charge is 0.323 e. The van der Waals surface area contributed by atoms with Crippen molar-refractivity contribution in [2.45, 2.75) is 13.0 Å². The van der Waals surface area contributed by atoms with E-state index in [2.05, 4.69) is 26.6 Å². The van der Waals surface area contributed by atoms with Gasteiger partial charge in [-0.3, -0.25) is 4.79 Å². The molecule has 2 N–H and O–H groups in total. The monoisotopic (exact) mass is 324 g/mol. The summed E-state index contributed by atoms with van der Waals surface area (Å²) in [4.78, 5) is 11.6. The average Bonchev–Trinajstić information content (AvgIpc) is 2.28. The lowest BCUT2D eigenvalue weighted by Gasteiger charge is -2.13. The van der Waals surface area contributed by atoms with E-state index in [-0.39, 0.29) is 11.9 Å². The second-order valence-electron chi connectivity index (χ2n) is 3.22. The first-order chi connectivity index (χ1) is 7.47. The second-order valence-corrected chi connectivity index (χ2v) is 4.83. The Morgan fingerprint density at radius 3 is 2.56 bits per heavy atom. The van der Waals surface area contributed by atoms with Crippen molar-refractivity contribution in [1.82, 2.24) is 5.32 Å². The zero-order chi connectivity index (χ0) is 12.3. The molecular weight excluding hydrogens is 315 g/mol. The van der Waals surface area contributed by atoms with Gasteiger partial charge in [-0.1, -0.05) is 23.2 Å². The molecule has 1 aromatic rings. The lowest BCUT2D eigenvalue weighted by molar-refractivity contribution is -0.117. The molecule has 3 nitrogen and oxygen atoms in total. The van der Waals surface area contributed by atoms with Gasteiger partial charge in [-0.15, -0.1) is 0 Å². The number of amides is 1. The maximum atomic E-state index is 11.6. The smallest absolute Gasteiger partial charge is 0.241 e. The van der Waals surface area contributed by atoms with Gasteiger partial charge in [0.25, 0.3) is 0 Å². The highest BCUT2D eigenvalue weighted by molar-refractivity contribution is 9.10. The summed E-state index contributed by atoms with van der Waals surface area (Å²) in [5, 5.41) is 6.24. The lowest BCUT2D eigenvalue weighted by Crippen LogP contribution is -2.35. The van der Waals surface area contributed by atoms with Gasteiger partial charge in [0, 0.05) is 4.47 Å². The van der Waals surface area contributed by atoms with Crippen molar-refractivity contribution in [2.24, 2.45) is 0 Å². The topological polar surface area (TPSA) is 41.1 Å². The number of anilines is 1. The molecule has 0 bridgehead atoms. The molecule has 1 rings (SSSR count). The van der Waals surface area contributed by atoms with Gasteiger partial charge in [-0.25, -0.2) is 0 Å². The highest BCUT2D eigenvalue weighted by Crippen LogP contribution is 2.35.